The predicted octanol–water partition coefficient (Wildman–Crippen LogP) is 6.37. The van der Waals surface area contributed by atoms with Crippen LogP contribution in [0.25, 0.3) is 33.7 Å². The Morgan fingerprint density at radius 2 is 1.21 bits per heavy atom. The molecule has 4 aromatic rings. The maximum atomic E-state index is 4.89. The third-order valence-electron chi connectivity index (χ3n) is 5.37. The zero-order valence-corrected chi connectivity index (χ0v) is 17.3. The van der Waals surface area contributed by atoms with Crippen LogP contribution < -0.4 is 0 Å². The first kappa shape index (κ1) is 19.3. The van der Waals surface area contributed by atoms with E-state index in [4.69, 9.17) is 9.97 Å². The van der Waals surface area contributed by atoms with Crippen LogP contribution in [0.5, 0.6) is 0 Å². The molecule has 0 atom stereocenters. The number of rotatable bonds is 8. The van der Waals surface area contributed by atoms with E-state index in [9.17, 15) is 0 Å². The van der Waals surface area contributed by atoms with Gasteiger partial charge in [0.25, 0.3) is 0 Å². The van der Waals surface area contributed by atoms with Gasteiger partial charge < -0.3 is 0 Å². The van der Waals surface area contributed by atoms with Gasteiger partial charge in [0.1, 0.15) is 5.52 Å². The molecule has 0 aliphatic heterocycles. The van der Waals surface area contributed by atoms with E-state index in [1.54, 1.807) is 6.20 Å². The van der Waals surface area contributed by atoms with Crippen molar-refractivity contribution in [1.29, 1.82) is 0 Å². The van der Waals surface area contributed by atoms with E-state index < -0.39 is 0 Å². The van der Waals surface area contributed by atoms with Gasteiger partial charge in [0.15, 0.2) is 5.65 Å². The third kappa shape index (κ3) is 4.37. The molecular weight excluding hydrogens is 356 g/mol. The molecule has 0 aliphatic rings. The molecule has 2 aromatic carbocycles. The van der Waals surface area contributed by atoms with Crippen LogP contribution in [0.2, 0.25) is 0 Å². The predicted molar refractivity (Wildman–Crippen MR) is 120 cm³/mol. The maximum Gasteiger partial charge on any atom is 0.174 e. The third-order valence-corrected chi connectivity index (χ3v) is 5.37. The summed E-state index contributed by atoms with van der Waals surface area (Å²) >= 11 is 0. The highest BCUT2D eigenvalue weighted by Gasteiger charge is 2.14. The summed E-state index contributed by atoms with van der Waals surface area (Å²) in [7, 11) is 0. The van der Waals surface area contributed by atoms with Crippen LogP contribution >= 0.6 is 0 Å². The summed E-state index contributed by atoms with van der Waals surface area (Å²) < 4.78 is 0. The number of aryl methyl sites for hydroxylation is 2. The van der Waals surface area contributed by atoms with Crippen molar-refractivity contribution in [1.82, 2.24) is 20.2 Å². The van der Waals surface area contributed by atoms with Gasteiger partial charge in [0.2, 0.25) is 0 Å². The maximum absolute atomic E-state index is 4.89. The van der Waals surface area contributed by atoms with Gasteiger partial charge >= 0.3 is 0 Å². The molecule has 0 saturated carbocycles. The number of fused-ring (bicyclic) bond motifs is 1. The van der Waals surface area contributed by atoms with Crippen LogP contribution in [0.3, 0.4) is 0 Å². The van der Waals surface area contributed by atoms with E-state index in [0.29, 0.717) is 0 Å². The lowest BCUT2D eigenvalue weighted by molar-refractivity contribution is 0.795. The Balaban J connectivity index is 1.73. The Kier molecular flexibility index (Phi) is 5.99. The van der Waals surface area contributed by atoms with Crippen LogP contribution in [-0.2, 0) is 12.8 Å². The second-order valence-corrected chi connectivity index (χ2v) is 7.63. The van der Waals surface area contributed by atoms with Crippen LogP contribution in [0, 0.1) is 0 Å². The second kappa shape index (κ2) is 8.99. The standard InChI is InChI=1S/C25H28N4/c1-3-5-7-18-9-13-20(14-10-18)23-24(28-25-22(27-23)17-26-29-25)21-15-11-19(12-16-21)8-6-4-2/h9-17H,3-8H2,1-2H3,(H,26,28,29). The summed E-state index contributed by atoms with van der Waals surface area (Å²) in [6, 6.07) is 17.5. The number of nitrogens with one attached hydrogen (secondary N) is 1. The molecule has 2 heterocycles. The second-order valence-electron chi connectivity index (χ2n) is 7.63. The molecule has 0 saturated heterocycles. The Labute approximate surface area is 172 Å². The van der Waals surface area contributed by atoms with Crippen molar-refractivity contribution >= 4 is 11.2 Å². The zero-order valence-electron chi connectivity index (χ0n) is 17.3. The summed E-state index contributed by atoms with van der Waals surface area (Å²) in [5, 5.41) is 7.07. The minimum Gasteiger partial charge on any atom is -0.259 e. The molecule has 2 aromatic heterocycles. The Morgan fingerprint density at radius 1 is 0.690 bits per heavy atom. The van der Waals surface area contributed by atoms with E-state index >= 15 is 0 Å². The van der Waals surface area contributed by atoms with Gasteiger partial charge in [-0.2, -0.15) is 5.10 Å². The summed E-state index contributed by atoms with van der Waals surface area (Å²) in [5.41, 5.74) is 8.22. The number of aromatic nitrogens is 4. The lowest BCUT2D eigenvalue weighted by Crippen LogP contribution is -1.96. The van der Waals surface area contributed by atoms with Gasteiger partial charge in [-0.15, -0.1) is 0 Å². The van der Waals surface area contributed by atoms with E-state index in [2.05, 4.69) is 72.6 Å². The van der Waals surface area contributed by atoms with E-state index in [0.717, 1.165) is 46.5 Å². The minimum atomic E-state index is 0.721. The summed E-state index contributed by atoms with van der Waals surface area (Å²) in [6.07, 6.45) is 8.83. The fourth-order valence-electron chi connectivity index (χ4n) is 3.60. The molecule has 0 fully saturated rings. The average molecular weight is 385 g/mol. The molecule has 29 heavy (non-hydrogen) atoms. The molecule has 0 aliphatic carbocycles. The SMILES string of the molecule is CCCCc1ccc(-c2nc3cn[nH]c3nc2-c2ccc(CCCC)cc2)cc1. The number of H-pyrrole nitrogens is 1. The number of hydrogen-bond donors (Lipinski definition) is 1. The number of hydrogen-bond acceptors (Lipinski definition) is 3. The van der Waals surface area contributed by atoms with Gasteiger partial charge in [-0.05, 0) is 36.8 Å². The fourth-order valence-corrected chi connectivity index (χ4v) is 3.60. The highest BCUT2D eigenvalue weighted by molar-refractivity contribution is 5.84. The number of nitrogens with zero attached hydrogens (tertiary/aromatic N) is 3. The normalized spacial score (nSPS) is 11.2. The van der Waals surface area contributed by atoms with Gasteiger partial charge in [0, 0.05) is 11.1 Å². The van der Waals surface area contributed by atoms with Crippen molar-refractivity contribution in [2.45, 2.75) is 52.4 Å². The molecular formula is C25H28N4. The van der Waals surface area contributed by atoms with Crippen molar-refractivity contribution < 1.29 is 0 Å². The van der Waals surface area contributed by atoms with Crippen molar-refractivity contribution in [2.24, 2.45) is 0 Å². The zero-order chi connectivity index (χ0) is 20.1. The number of benzene rings is 2. The molecule has 4 rings (SSSR count). The fraction of sp³-hybridized carbons (Fsp3) is 0.320. The van der Waals surface area contributed by atoms with Crippen LogP contribution in [0.1, 0.15) is 50.7 Å². The van der Waals surface area contributed by atoms with E-state index in [1.807, 2.05) is 0 Å². The molecule has 0 bridgehead atoms. The topological polar surface area (TPSA) is 54.5 Å². The van der Waals surface area contributed by atoms with E-state index in [-0.39, 0.29) is 0 Å². The molecule has 0 spiro atoms. The molecule has 0 radical (unpaired) electrons. The quantitative estimate of drug-likeness (QED) is 0.384. The molecule has 0 unspecified atom stereocenters. The lowest BCUT2D eigenvalue weighted by Gasteiger charge is -2.10. The summed E-state index contributed by atoms with van der Waals surface area (Å²) in [4.78, 5) is 9.75. The van der Waals surface area contributed by atoms with E-state index in [1.165, 1.54) is 36.8 Å². The molecule has 148 valence electrons. The number of unbranched alkanes of at least 4 members (excludes halogenated alkanes) is 2. The first-order valence-corrected chi connectivity index (χ1v) is 10.7. The van der Waals surface area contributed by atoms with Gasteiger partial charge in [-0.1, -0.05) is 75.2 Å². The number of aromatic amines is 1. The summed E-state index contributed by atoms with van der Waals surface area (Å²) in [6.45, 7) is 4.45. The Hall–Kier alpha value is -3.01. The van der Waals surface area contributed by atoms with Crippen molar-refractivity contribution in [3.05, 3.63) is 65.9 Å². The molecule has 1 N–H and O–H groups in total. The van der Waals surface area contributed by atoms with Gasteiger partial charge in [-0.25, -0.2) is 9.97 Å². The largest absolute Gasteiger partial charge is 0.259 e. The smallest absolute Gasteiger partial charge is 0.174 e. The average Bonchev–Trinajstić information content (AvgIpc) is 3.24. The first-order chi connectivity index (χ1) is 14.3. The highest BCUT2D eigenvalue weighted by Crippen LogP contribution is 2.31. The highest BCUT2D eigenvalue weighted by atomic mass is 15.2. The monoisotopic (exact) mass is 384 g/mol. The van der Waals surface area contributed by atoms with Crippen molar-refractivity contribution in [2.75, 3.05) is 0 Å². The Morgan fingerprint density at radius 3 is 1.72 bits per heavy atom. The Bertz CT molecular complexity index is 977. The lowest BCUT2D eigenvalue weighted by atomic mass is 9.99. The van der Waals surface area contributed by atoms with Gasteiger partial charge in [-0.3, -0.25) is 5.10 Å². The van der Waals surface area contributed by atoms with Gasteiger partial charge in [0.05, 0.1) is 17.6 Å². The molecule has 4 nitrogen and oxygen atoms in total. The molecule has 0 amide bonds. The van der Waals surface area contributed by atoms with Crippen molar-refractivity contribution in [3.8, 4) is 22.5 Å². The summed E-state index contributed by atoms with van der Waals surface area (Å²) in [5.74, 6) is 0. The first-order valence-electron chi connectivity index (χ1n) is 10.7. The minimum absolute atomic E-state index is 0.721. The molecule has 4 heteroatoms. The van der Waals surface area contributed by atoms with Crippen LogP contribution in [0.15, 0.2) is 54.7 Å². The van der Waals surface area contributed by atoms with Crippen LogP contribution in [0.4, 0.5) is 0 Å². The van der Waals surface area contributed by atoms with Crippen LogP contribution in [-0.4, -0.2) is 20.2 Å². The van der Waals surface area contributed by atoms with Crippen molar-refractivity contribution in [3.63, 3.8) is 0 Å².